The molecule has 0 unspecified atom stereocenters. The van der Waals surface area contributed by atoms with E-state index in [1.165, 1.54) is 0 Å². The van der Waals surface area contributed by atoms with E-state index in [1.807, 2.05) is 30.3 Å². The van der Waals surface area contributed by atoms with Crippen molar-refractivity contribution in [1.29, 1.82) is 0 Å². The summed E-state index contributed by atoms with van der Waals surface area (Å²) in [4.78, 5) is 11.0. The Balaban J connectivity index is 1.31. The van der Waals surface area contributed by atoms with Crippen molar-refractivity contribution in [2.75, 3.05) is 44.8 Å². The molecule has 0 aliphatic carbocycles. The maximum Gasteiger partial charge on any atom is 0.221 e. The van der Waals surface area contributed by atoms with E-state index in [4.69, 9.17) is 9.47 Å². The van der Waals surface area contributed by atoms with Crippen molar-refractivity contribution in [2.24, 2.45) is 0 Å². The Morgan fingerprint density at radius 3 is 2.93 bits per heavy atom. The summed E-state index contributed by atoms with van der Waals surface area (Å²) in [6.45, 7) is 4.99. The largest absolute Gasteiger partial charge is 0.476 e. The van der Waals surface area contributed by atoms with E-state index in [1.54, 1.807) is 12.4 Å². The lowest BCUT2D eigenvalue weighted by atomic mass is 10.1. The predicted molar refractivity (Wildman–Crippen MR) is 112 cm³/mol. The number of pyridine rings is 2. The van der Waals surface area contributed by atoms with Gasteiger partial charge in [0.2, 0.25) is 5.88 Å². The zero-order valence-corrected chi connectivity index (χ0v) is 16.0. The van der Waals surface area contributed by atoms with Crippen molar-refractivity contribution < 1.29 is 9.47 Å². The van der Waals surface area contributed by atoms with E-state index >= 15 is 0 Å². The third-order valence-electron chi connectivity index (χ3n) is 5.08. The van der Waals surface area contributed by atoms with Crippen molar-refractivity contribution in [3.05, 3.63) is 48.8 Å². The number of H-pyrrole nitrogens is 1. The first-order valence-electron chi connectivity index (χ1n) is 9.75. The summed E-state index contributed by atoms with van der Waals surface area (Å²) in [6, 6.07) is 12.0. The molecule has 29 heavy (non-hydrogen) atoms. The predicted octanol–water partition coefficient (Wildman–Crippen LogP) is 2.96. The van der Waals surface area contributed by atoms with E-state index in [9.17, 15) is 0 Å². The van der Waals surface area contributed by atoms with Crippen LogP contribution in [0, 0.1) is 0 Å². The van der Waals surface area contributed by atoms with Gasteiger partial charge in [-0.1, -0.05) is 0 Å². The van der Waals surface area contributed by atoms with E-state index in [-0.39, 0.29) is 0 Å². The summed E-state index contributed by atoms with van der Waals surface area (Å²) < 4.78 is 11.4. The third kappa shape index (κ3) is 3.85. The van der Waals surface area contributed by atoms with Crippen LogP contribution in [0.5, 0.6) is 5.88 Å². The van der Waals surface area contributed by atoms with Crippen LogP contribution in [0.15, 0.2) is 48.8 Å². The molecule has 4 aromatic rings. The lowest BCUT2D eigenvalue weighted by Gasteiger charge is -2.26. The van der Waals surface area contributed by atoms with Crippen molar-refractivity contribution in [2.45, 2.75) is 0 Å². The summed E-state index contributed by atoms with van der Waals surface area (Å²) in [5.74, 6) is 1.49. The average Bonchev–Trinajstić information content (AvgIpc) is 3.17. The van der Waals surface area contributed by atoms with Gasteiger partial charge in [0.15, 0.2) is 5.65 Å². The number of benzene rings is 1. The molecule has 8 heteroatoms. The molecule has 1 fully saturated rings. The number of ether oxygens (including phenoxy) is 2. The van der Waals surface area contributed by atoms with Gasteiger partial charge in [0.25, 0.3) is 0 Å². The van der Waals surface area contributed by atoms with E-state index in [0.717, 1.165) is 60.5 Å². The van der Waals surface area contributed by atoms with Crippen LogP contribution in [-0.2, 0) is 4.74 Å². The zero-order chi connectivity index (χ0) is 19.5. The van der Waals surface area contributed by atoms with Gasteiger partial charge in [-0.25, -0.2) is 9.97 Å². The SMILES string of the molecule is c1cnc2n[nH]c(Nc3ccc4c(OCCN5CCOCC5)nccc4c3)c2c1. The van der Waals surface area contributed by atoms with Gasteiger partial charge in [0.05, 0.1) is 18.6 Å². The summed E-state index contributed by atoms with van der Waals surface area (Å²) in [5.41, 5.74) is 1.65. The molecule has 1 saturated heterocycles. The number of aromatic nitrogens is 4. The topological polar surface area (TPSA) is 88.2 Å². The maximum atomic E-state index is 5.99. The first kappa shape index (κ1) is 17.8. The molecule has 1 aliphatic rings. The number of nitrogens with one attached hydrogen (secondary N) is 2. The van der Waals surface area contributed by atoms with Crippen LogP contribution in [0.1, 0.15) is 0 Å². The molecule has 8 nitrogen and oxygen atoms in total. The Kier molecular flexibility index (Phi) is 4.93. The van der Waals surface area contributed by atoms with Crippen LogP contribution in [0.4, 0.5) is 11.5 Å². The van der Waals surface area contributed by atoms with Gasteiger partial charge in [-0.05, 0) is 41.8 Å². The van der Waals surface area contributed by atoms with Gasteiger partial charge in [-0.2, -0.15) is 5.10 Å². The quantitative estimate of drug-likeness (QED) is 0.523. The van der Waals surface area contributed by atoms with E-state index in [2.05, 4.69) is 36.4 Å². The van der Waals surface area contributed by atoms with Gasteiger partial charge >= 0.3 is 0 Å². The second kappa shape index (κ2) is 8.02. The number of fused-ring (bicyclic) bond motifs is 2. The molecule has 0 radical (unpaired) electrons. The smallest absolute Gasteiger partial charge is 0.221 e. The van der Waals surface area contributed by atoms with Gasteiger partial charge < -0.3 is 14.8 Å². The zero-order valence-electron chi connectivity index (χ0n) is 16.0. The molecule has 0 saturated carbocycles. The monoisotopic (exact) mass is 390 g/mol. The fourth-order valence-corrected chi connectivity index (χ4v) is 3.53. The van der Waals surface area contributed by atoms with Gasteiger partial charge in [-0.3, -0.25) is 10.00 Å². The highest BCUT2D eigenvalue weighted by molar-refractivity contribution is 5.92. The van der Waals surface area contributed by atoms with Crippen molar-refractivity contribution in [1.82, 2.24) is 25.1 Å². The first-order valence-corrected chi connectivity index (χ1v) is 9.75. The number of nitrogens with zero attached hydrogens (tertiary/aromatic N) is 4. The number of aromatic amines is 1. The minimum atomic E-state index is 0.610. The lowest BCUT2D eigenvalue weighted by Crippen LogP contribution is -2.38. The number of morpholine rings is 1. The molecule has 3 aromatic heterocycles. The summed E-state index contributed by atoms with van der Waals surface area (Å²) in [5, 5.41) is 13.6. The van der Waals surface area contributed by atoms with Crippen molar-refractivity contribution in [3.63, 3.8) is 0 Å². The molecule has 1 aromatic carbocycles. The molecule has 4 heterocycles. The van der Waals surface area contributed by atoms with E-state index < -0.39 is 0 Å². The summed E-state index contributed by atoms with van der Waals surface area (Å²) in [6.07, 6.45) is 3.52. The van der Waals surface area contributed by atoms with Gasteiger partial charge in [0.1, 0.15) is 12.4 Å². The van der Waals surface area contributed by atoms with Crippen LogP contribution in [-0.4, -0.2) is 64.5 Å². The molecular weight excluding hydrogens is 368 g/mol. The first-order chi connectivity index (χ1) is 14.4. The highest BCUT2D eigenvalue weighted by Crippen LogP contribution is 2.28. The molecule has 0 atom stereocenters. The Bertz CT molecular complexity index is 1120. The van der Waals surface area contributed by atoms with Gasteiger partial charge in [-0.15, -0.1) is 0 Å². The second-order valence-corrected chi connectivity index (χ2v) is 6.95. The fraction of sp³-hybridized carbons (Fsp3) is 0.286. The molecule has 5 rings (SSSR count). The summed E-state index contributed by atoms with van der Waals surface area (Å²) in [7, 11) is 0. The third-order valence-corrected chi connectivity index (χ3v) is 5.08. The highest BCUT2D eigenvalue weighted by Gasteiger charge is 2.11. The summed E-state index contributed by atoms with van der Waals surface area (Å²) >= 11 is 0. The number of hydrogen-bond donors (Lipinski definition) is 2. The maximum absolute atomic E-state index is 5.99. The molecule has 1 aliphatic heterocycles. The van der Waals surface area contributed by atoms with Crippen LogP contribution in [0.3, 0.4) is 0 Å². The van der Waals surface area contributed by atoms with Gasteiger partial charge in [0, 0.05) is 43.1 Å². The Morgan fingerprint density at radius 2 is 2.00 bits per heavy atom. The van der Waals surface area contributed by atoms with E-state index in [0.29, 0.717) is 18.1 Å². The second-order valence-electron chi connectivity index (χ2n) is 6.95. The number of hydrogen-bond acceptors (Lipinski definition) is 7. The number of anilines is 2. The minimum Gasteiger partial charge on any atom is -0.476 e. The molecule has 0 amide bonds. The van der Waals surface area contributed by atoms with Crippen LogP contribution in [0.25, 0.3) is 21.8 Å². The Labute approximate surface area is 167 Å². The standard InChI is InChI=1S/C21H22N6O2/c1-2-18-19(22-6-1)25-26-20(18)24-16-3-4-17-15(14-16)5-7-23-21(17)29-13-10-27-8-11-28-12-9-27/h1-7,14H,8-13H2,(H2,22,24,25,26). The average molecular weight is 390 g/mol. The van der Waals surface area contributed by atoms with Crippen LogP contribution in [0.2, 0.25) is 0 Å². The normalized spacial score (nSPS) is 15.0. The fourth-order valence-electron chi connectivity index (χ4n) is 3.53. The molecule has 0 spiro atoms. The molecule has 2 N–H and O–H groups in total. The van der Waals surface area contributed by atoms with Crippen LogP contribution < -0.4 is 10.1 Å². The van der Waals surface area contributed by atoms with Crippen LogP contribution >= 0.6 is 0 Å². The number of rotatable bonds is 6. The highest BCUT2D eigenvalue weighted by atomic mass is 16.5. The minimum absolute atomic E-state index is 0.610. The lowest BCUT2D eigenvalue weighted by molar-refractivity contribution is 0.0321. The molecule has 0 bridgehead atoms. The Hall–Kier alpha value is -3.23. The Morgan fingerprint density at radius 1 is 1.07 bits per heavy atom. The van der Waals surface area contributed by atoms with Crippen molar-refractivity contribution >= 4 is 33.3 Å². The molecule has 148 valence electrons. The molecular formula is C21H22N6O2. The van der Waals surface area contributed by atoms with Crippen molar-refractivity contribution in [3.8, 4) is 5.88 Å².